The van der Waals surface area contributed by atoms with E-state index < -0.39 is 18.0 Å². The number of hydrogen-bond donors (Lipinski definition) is 3. The number of nitrogens with one attached hydrogen (secondary N) is 2. The van der Waals surface area contributed by atoms with Crippen LogP contribution in [-0.4, -0.2) is 39.8 Å². The lowest BCUT2D eigenvalue weighted by atomic mass is 10.0. The highest BCUT2D eigenvalue weighted by Gasteiger charge is 2.35. The van der Waals surface area contributed by atoms with E-state index in [2.05, 4.69) is 30.7 Å². The number of hydrogen-bond acceptors (Lipinski definition) is 7. The van der Waals surface area contributed by atoms with Crippen LogP contribution in [0, 0.1) is 13.8 Å². The molecule has 1 unspecified atom stereocenters. The third kappa shape index (κ3) is 4.62. The summed E-state index contributed by atoms with van der Waals surface area (Å²) in [4.78, 5) is 4.22. The minimum Gasteiger partial charge on any atom is -0.369 e. The summed E-state index contributed by atoms with van der Waals surface area (Å²) >= 11 is 1.12. The number of nitrogens with zero attached hydrogens (tertiary/aromatic N) is 6. The molecule has 1 atom stereocenters. The lowest BCUT2D eigenvalue weighted by Gasteiger charge is -2.18. The van der Waals surface area contributed by atoms with Crippen molar-refractivity contribution in [2.45, 2.75) is 26.3 Å². The van der Waals surface area contributed by atoms with E-state index in [1.165, 1.54) is 16.8 Å². The fourth-order valence-corrected chi connectivity index (χ4v) is 4.55. The SMILES string of the molecule is Cc1csc(-c2cc(C(O)Nc3cc(-c4cnn(C)c4)nn3-c3cc(C)[nH]n3)ccc2C(F)(F)F)n1. The van der Waals surface area contributed by atoms with E-state index in [0.29, 0.717) is 23.0 Å². The van der Waals surface area contributed by atoms with Crippen molar-refractivity contribution in [3.63, 3.8) is 0 Å². The third-order valence-electron chi connectivity index (χ3n) is 5.42. The van der Waals surface area contributed by atoms with Gasteiger partial charge in [0, 0.05) is 58.8 Å². The van der Waals surface area contributed by atoms with Gasteiger partial charge in [0.1, 0.15) is 10.8 Å². The molecule has 0 saturated heterocycles. The number of aliphatic hydroxyl groups excluding tert-OH is 1. The molecule has 4 aromatic heterocycles. The van der Waals surface area contributed by atoms with E-state index in [0.717, 1.165) is 28.7 Å². The molecule has 0 aliphatic carbocycles. The Morgan fingerprint density at radius 2 is 1.97 bits per heavy atom. The molecule has 186 valence electrons. The summed E-state index contributed by atoms with van der Waals surface area (Å²) < 4.78 is 44.2. The number of aromatic nitrogens is 7. The van der Waals surface area contributed by atoms with Crippen LogP contribution in [0.25, 0.3) is 27.6 Å². The Bertz CT molecular complexity index is 1530. The van der Waals surface area contributed by atoms with E-state index in [1.807, 2.05) is 6.92 Å². The van der Waals surface area contributed by atoms with Crippen LogP contribution in [-0.2, 0) is 13.2 Å². The maximum Gasteiger partial charge on any atom is 0.417 e. The normalized spacial score (nSPS) is 12.8. The molecule has 3 N–H and O–H groups in total. The van der Waals surface area contributed by atoms with Crippen molar-refractivity contribution in [2.75, 3.05) is 5.32 Å². The number of H-pyrrole nitrogens is 1. The molecule has 0 fully saturated rings. The van der Waals surface area contributed by atoms with Crippen LogP contribution in [0.1, 0.15) is 28.7 Å². The number of halogens is 3. The lowest BCUT2D eigenvalue weighted by Crippen LogP contribution is -2.15. The van der Waals surface area contributed by atoms with Crippen LogP contribution in [0.2, 0.25) is 0 Å². The molecule has 0 bridgehead atoms. The van der Waals surface area contributed by atoms with Crippen LogP contribution in [0.15, 0.2) is 48.1 Å². The average Bonchev–Trinajstić information content (AvgIpc) is 3.61. The maximum atomic E-state index is 13.7. The standard InChI is InChI=1S/C23H21F3N8OS/c1-12-6-20(31-30-12)34-19(8-18(32-34)15-9-27-33(3)10-15)29-21(35)14-4-5-17(23(24,25)26)16(7-14)22-28-13(2)11-36-22/h4-11,21,29,35H,1-3H3,(H,30,31). The second-order valence-corrected chi connectivity index (χ2v) is 9.14. The molecule has 0 aliphatic heterocycles. The van der Waals surface area contributed by atoms with Crippen molar-refractivity contribution in [1.82, 2.24) is 34.7 Å². The molecule has 0 aliphatic rings. The predicted octanol–water partition coefficient (Wildman–Crippen LogP) is 4.86. The molecule has 1 aromatic carbocycles. The van der Waals surface area contributed by atoms with Crippen molar-refractivity contribution < 1.29 is 18.3 Å². The van der Waals surface area contributed by atoms with Gasteiger partial charge in [-0.2, -0.15) is 33.1 Å². The second-order valence-electron chi connectivity index (χ2n) is 8.28. The van der Waals surface area contributed by atoms with Crippen molar-refractivity contribution in [2.24, 2.45) is 7.05 Å². The van der Waals surface area contributed by atoms with Crippen LogP contribution in [0.4, 0.5) is 19.0 Å². The molecular weight excluding hydrogens is 493 g/mol. The third-order valence-corrected chi connectivity index (χ3v) is 6.41. The molecule has 13 heteroatoms. The largest absolute Gasteiger partial charge is 0.417 e. The van der Waals surface area contributed by atoms with Gasteiger partial charge in [0.25, 0.3) is 0 Å². The number of alkyl halides is 3. The van der Waals surface area contributed by atoms with Gasteiger partial charge in [0.15, 0.2) is 12.0 Å². The Balaban J connectivity index is 1.53. The Labute approximate surface area is 207 Å². The minimum absolute atomic E-state index is 0.0913. The number of aromatic amines is 1. The van der Waals surface area contributed by atoms with E-state index in [1.54, 1.807) is 48.6 Å². The molecule has 0 amide bonds. The van der Waals surface area contributed by atoms with Crippen LogP contribution < -0.4 is 5.32 Å². The Morgan fingerprint density at radius 1 is 1.17 bits per heavy atom. The van der Waals surface area contributed by atoms with Gasteiger partial charge in [0.05, 0.1) is 17.5 Å². The maximum absolute atomic E-state index is 13.7. The Kier molecular flexibility index (Phi) is 5.88. The number of aliphatic hydroxyl groups is 1. The topological polar surface area (TPSA) is 109 Å². The molecule has 5 rings (SSSR count). The van der Waals surface area contributed by atoms with Gasteiger partial charge in [0.2, 0.25) is 0 Å². The monoisotopic (exact) mass is 514 g/mol. The molecule has 36 heavy (non-hydrogen) atoms. The summed E-state index contributed by atoms with van der Waals surface area (Å²) in [6.45, 7) is 3.55. The first-order chi connectivity index (χ1) is 17.1. The molecule has 0 spiro atoms. The van der Waals surface area contributed by atoms with Gasteiger partial charge < -0.3 is 10.4 Å². The summed E-state index contributed by atoms with van der Waals surface area (Å²) in [5, 5.41) is 31.7. The van der Waals surface area contributed by atoms with E-state index in [9.17, 15) is 18.3 Å². The number of anilines is 1. The molecular formula is C23H21F3N8OS. The second kappa shape index (κ2) is 8.91. The van der Waals surface area contributed by atoms with Gasteiger partial charge >= 0.3 is 6.18 Å². The van der Waals surface area contributed by atoms with Gasteiger partial charge in [-0.15, -0.1) is 11.3 Å². The summed E-state index contributed by atoms with van der Waals surface area (Å²) in [5.41, 5.74) is 2.08. The van der Waals surface area contributed by atoms with Crippen LogP contribution in [0.5, 0.6) is 0 Å². The minimum atomic E-state index is -4.57. The zero-order chi connectivity index (χ0) is 25.6. The molecule has 0 saturated carbocycles. The molecule has 0 radical (unpaired) electrons. The van der Waals surface area contributed by atoms with Gasteiger partial charge in [-0.25, -0.2) is 4.98 Å². The highest BCUT2D eigenvalue weighted by molar-refractivity contribution is 7.13. The first kappa shape index (κ1) is 23.8. The number of rotatable bonds is 6. The van der Waals surface area contributed by atoms with E-state index in [4.69, 9.17) is 0 Å². The van der Waals surface area contributed by atoms with Gasteiger partial charge in [-0.3, -0.25) is 9.78 Å². The lowest BCUT2D eigenvalue weighted by molar-refractivity contribution is -0.137. The zero-order valence-electron chi connectivity index (χ0n) is 19.4. The van der Waals surface area contributed by atoms with Crippen molar-refractivity contribution in [3.8, 4) is 27.6 Å². The smallest absolute Gasteiger partial charge is 0.369 e. The highest BCUT2D eigenvalue weighted by atomic mass is 32.1. The first-order valence-corrected chi connectivity index (χ1v) is 11.7. The zero-order valence-corrected chi connectivity index (χ0v) is 20.2. The quantitative estimate of drug-likeness (QED) is 0.279. The van der Waals surface area contributed by atoms with Crippen molar-refractivity contribution >= 4 is 17.2 Å². The molecule has 4 heterocycles. The van der Waals surface area contributed by atoms with E-state index >= 15 is 0 Å². The van der Waals surface area contributed by atoms with Crippen LogP contribution in [0.3, 0.4) is 0 Å². The first-order valence-electron chi connectivity index (χ1n) is 10.8. The van der Waals surface area contributed by atoms with Crippen LogP contribution >= 0.6 is 11.3 Å². The average molecular weight is 515 g/mol. The summed E-state index contributed by atoms with van der Waals surface area (Å²) in [7, 11) is 1.78. The number of benzene rings is 1. The number of aryl methyl sites for hydroxylation is 3. The highest BCUT2D eigenvalue weighted by Crippen LogP contribution is 2.39. The Hall–Kier alpha value is -3.97. The summed E-state index contributed by atoms with van der Waals surface area (Å²) in [5.74, 6) is 0.864. The Morgan fingerprint density at radius 3 is 2.58 bits per heavy atom. The number of thiazole rings is 1. The van der Waals surface area contributed by atoms with Gasteiger partial charge in [-0.1, -0.05) is 6.07 Å². The van der Waals surface area contributed by atoms with Gasteiger partial charge in [-0.05, 0) is 26.0 Å². The van der Waals surface area contributed by atoms with Crippen molar-refractivity contribution in [3.05, 3.63) is 70.6 Å². The van der Waals surface area contributed by atoms with Crippen molar-refractivity contribution in [1.29, 1.82) is 0 Å². The summed E-state index contributed by atoms with van der Waals surface area (Å²) in [6.07, 6.45) is -2.47. The van der Waals surface area contributed by atoms with E-state index in [-0.39, 0.29) is 16.1 Å². The molecule has 5 aromatic rings. The summed E-state index contributed by atoms with van der Waals surface area (Å²) in [6, 6.07) is 6.99. The fourth-order valence-electron chi connectivity index (χ4n) is 3.72. The molecule has 9 nitrogen and oxygen atoms in total. The predicted molar refractivity (Wildman–Crippen MR) is 129 cm³/mol. The fraction of sp³-hybridized carbons (Fsp3) is 0.217.